The number of aliphatic hydroxyl groups is 1. The minimum Gasteiger partial charge on any atom is -0.391 e. The Labute approximate surface area is 80.7 Å². The first-order chi connectivity index (χ1) is 6.04. The van der Waals surface area contributed by atoms with Crippen molar-refractivity contribution in [3.05, 3.63) is 0 Å². The minimum atomic E-state index is -0.124. The van der Waals surface area contributed by atoms with Gasteiger partial charge in [-0.1, -0.05) is 20.8 Å². The van der Waals surface area contributed by atoms with E-state index in [2.05, 4.69) is 26.1 Å². The zero-order valence-corrected chi connectivity index (χ0v) is 8.93. The summed E-state index contributed by atoms with van der Waals surface area (Å²) in [5, 5.41) is 13.6. The summed E-state index contributed by atoms with van der Waals surface area (Å²) in [6.45, 7) is 7.71. The Morgan fingerprint density at radius 1 is 1.46 bits per heavy atom. The van der Waals surface area contributed by atoms with Gasteiger partial charge in [-0.05, 0) is 37.1 Å². The van der Waals surface area contributed by atoms with Crippen molar-refractivity contribution in [1.82, 2.24) is 5.32 Å². The normalized spacial score (nSPS) is 47.1. The van der Waals surface area contributed by atoms with E-state index in [0.29, 0.717) is 0 Å². The van der Waals surface area contributed by atoms with E-state index in [4.69, 9.17) is 0 Å². The predicted octanol–water partition coefficient (Wildman–Crippen LogP) is 1.54. The molecule has 0 aromatic carbocycles. The average molecular weight is 183 g/mol. The van der Waals surface area contributed by atoms with Crippen molar-refractivity contribution in [2.24, 2.45) is 11.3 Å². The first-order valence-corrected chi connectivity index (χ1v) is 5.47. The number of likely N-dealkylation sites (N-methyl/N-ethyl adjacent to an activating group) is 1. The molecule has 2 fully saturated rings. The van der Waals surface area contributed by atoms with Crippen LogP contribution in [0.25, 0.3) is 0 Å². The lowest BCUT2D eigenvalue weighted by atomic mass is 9.75. The Hall–Kier alpha value is -0.0800. The van der Waals surface area contributed by atoms with Gasteiger partial charge in [-0.3, -0.25) is 0 Å². The fourth-order valence-corrected chi connectivity index (χ4v) is 3.68. The maximum absolute atomic E-state index is 10.1. The van der Waals surface area contributed by atoms with E-state index in [0.717, 1.165) is 25.3 Å². The maximum atomic E-state index is 10.1. The number of hydrogen-bond donors (Lipinski definition) is 2. The predicted molar refractivity (Wildman–Crippen MR) is 53.5 cm³/mol. The largest absolute Gasteiger partial charge is 0.391 e. The summed E-state index contributed by atoms with van der Waals surface area (Å²) in [4.78, 5) is 0. The van der Waals surface area contributed by atoms with Crippen molar-refractivity contribution in [2.45, 2.75) is 51.7 Å². The number of rotatable bonds is 2. The fraction of sp³-hybridized carbons (Fsp3) is 1.00. The summed E-state index contributed by atoms with van der Waals surface area (Å²) >= 11 is 0. The van der Waals surface area contributed by atoms with Crippen LogP contribution in [0.4, 0.5) is 0 Å². The quantitative estimate of drug-likeness (QED) is 0.680. The standard InChI is InChI=1S/C11H21NO/c1-4-12-11-6-5-8(7-9(11)13)10(11,2)3/h8-9,12-13H,4-7H2,1-3H3/t8-,9+,11+/m1/s1. The first-order valence-electron chi connectivity index (χ1n) is 5.47. The number of nitrogens with one attached hydrogen (secondary N) is 1. The van der Waals surface area contributed by atoms with Gasteiger partial charge in [0.2, 0.25) is 0 Å². The van der Waals surface area contributed by atoms with E-state index in [9.17, 15) is 5.11 Å². The Balaban J connectivity index is 2.31. The molecule has 76 valence electrons. The van der Waals surface area contributed by atoms with Gasteiger partial charge < -0.3 is 10.4 Å². The van der Waals surface area contributed by atoms with E-state index in [-0.39, 0.29) is 17.1 Å². The molecule has 2 nitrogen and oxygen atoms in total. The minimum absolute atomic E-state index is 0.0203. The second-order valence-electron chi connectivity index (χ2n) is 5.21. The van der Waals surface area contributed by atoms with Crippen LogP contribution < -0.4 is 5.32 Å². The second kappa shape index (κ2) is 2.71. The van der Waals surface area contributed by atoms with Gasteiger partial charge in [0, 0.05) is 5.54 Å². The van der Waals surface area contributed by atoms with Gasteiger partial charge in [0.1, 0.15) is 0 Å². The van der Waals surface area contributed by atoms with E-state index in [1.165, 1.54) is 6.42 Å². The molecule has 2 heteroatoms. The van der Waals surface area contributed by atoms with Crippen molar-refractivity contribution < 1.29 is 5.11 Å². The molecular formula is C11H21NO. The highest BCUT2D eigenvalue weighted by Crippen LogP contribution is 2.59. The molecule has 0 aliphatic heterocycles. The van der Waals surface area contributed by atoms with Gasteiger partial charge in [-0.15, -0.1) is 0 Å². The lowest BCUT2D eigenvalue weighted by Crippen LogP contribution is -2.57. The van der Waals surface area contributed by atoms with E-state index in [1.54, 1.807) is 0 Å². The van der Waals surface area contributed by atoms with Crippen molar-refractivity contribution in [2.75, 3.05) is 6.54 Å². The van der Waals surface area contributed by atoms with Crippen LogP contribution in [0.2, 0.25) is 0 Å². The van der Waals surface area contributed by atoms with Crippen molar-refractivity contribution in [3.63, 3.8) is 0 Å². The summed E-state index contributed by atoms with van der Waals surface area (Å²) < 4.78 is 0. The summed E-state index contributed by atoms with van der Waals surface area (Å²) in [6, 6.07) is 0. The van der Waals surface area contributed by atoms with Gasteiger partial charge in [-0.25, -0.2) is 0 Å². The highest BCUT2D eigenvalue weighted by atomic mass is 16.3. The Kier molecular flexibility index (Phi) is 1.97. The van der Waals surface area contributed by atoms with Crippen molar-refractivity contribution >= 4 is 0 Å². The topological polar surface area (TPSA) is 32.3 Å². The van der Waals surface area contributed by atoms with Crippen LogP contribution in [0.3, 0.4) is 0 Å². The third-order valence-electron chi connectivity index (χ3n) is 4.63. The van der Waals surface area contributed by atoms with Crippen LogP contribution in [0.15, 0.2) is 0 Å². The molecule has 0 heterocycles. The van der Waals surface area contributed by atoms with Crippen LogP contribution >= 0.6 is 0 Å². The SMILES string of the molecule is CCN[C@@]12CC[C@H](C[C@@H]1O)C2(C)C. The molecule has 13 heavy (non-hydrogen) atoms. The Bertz CT molecular complexity index is 214. The Morgan fingerprint density at radius 2 is 2.15 bits per heavy atom. The number of fused-ring (bicyclic) bond motifs is 2. The molecule has 0 amide bonds. The zero-order chi connectivity index (χ0) is 9.69. The molecule has 3 atom stereocenters. The summed E-state index contributed by atoms with van der Waals surface area (Å²) in [7, 11) is 0. The molecule has 2 N–H and O–H groups in total. The van der Waals surface area contributed by atoms with E-state index >= 15 is 0 Å². The molecule has 0 unspecified atom stereocenters. The fourth-order valence-electron chi connectivity index (χ4n) is 3.68. The summed E-state index contributed by atoms with van der Waals surface area (Å²) in [6.07, 6.45) is 3.32. The first kappa shape index (κ1) is 9.47. The molecule has 0 aromatic heterocycles. The molecule has 0 aromatic rings. The number of hydrogen-bond acceptors (Lipinski definition) is 2. The summed E-state index contributed by atoms with van der Waals surface area (Å²) in [5.41, 5.74) is 0.300. The van der Waals surface area contributed by atoms with Crippen LogP contribution in [-0.2, 0) is 0 Å². The van der Waals surface area contributed by atoms with E-state index < -0.39 is 0 Å². The smallest absolute Gasteiger partial charge is 0.0729 e. The third-order valence-corrected chi connectivity index (χ3v) is 4.63. The monoisotopic (exact) mass is 183 g/mol. The van der Waals surface area contributed by atoms with E-state index in [1.807, 2.05) is 0 Å². The lowest BCUT2D eigenvalue weighted by molar-refractivity contribution is 0.0394. The van der Waals surface area contributed by atoms with Gasteiger partial charge in [0.05, 0.1) is 6.10 Å². The Morgan fingerprint density at radius 3 is 2.54 bits per heavy atom. The average Bonchev–Trinajstić information content (AvgIpc) is 2.38. The number of aliphatic hydroxyl groups excluding tert-OH is 1. The zero-order valence-electron chi connectivity index (χ0n) is 8.93. The van der Waals surface area contributed by atoms with Gasteiger partial charge in [0.25, 0.3) is 0 Å². The van der Waals surface area contributed by atoms with Crippen LogP contribution in [0.5, 0.6) is 0 Å². The molecule has 2 saturated carbocycles. The third kappa shape index (κ3) is 0.962. The maximum Gasteiger partial charge on any atom is 0.0729 e. The molecule has 2 bridgehead atoms. The lowest BCUT2D eigenvalue weighted by Gasteiger charge is -2.41. The van der Waals surface area contributed by atoms with Crippen LogP contribution in [0, 0.1) is 11.3 Å². The van der Waals surface area contributed by atoms with Gasteiger partial charge >= 0.3 is 0 Å². The molecule has 0 radical (unpaired) electrons. The summed E-state index contributed by atoms with van der Waals surface area (Å²) in [5.74, 6) is 0.724. The van der Waals surface area contributed by atoms with Crippen LogP contribution in [-0.4, -0.2) is 23.3 Å². The van der Waals surface area contributed by atoms with Gasteiger partial charge in [0.15, 0.2) is 0 Å². The molecule has 0 saturated heterocycles. The highest BCUT2D eigenvalue weighted by Gasteiger charge is 2.63. The molecule has 2 rings (SSSR count). The molecule has 0 spiro atoms. The van der Waals surface area contributed by atoms with Gasteiger partial charge in [-0.2, -0.15) is 0 Å². The second-order valence-corrected chi connectivity index (χ2v) is 5.21. The van der Waals surface area contributed by atoms with Crippen molar-refractivity contribution in [1.29, 1.82) is 0 Å². The molecule has 2 aliphatic rings. The molecular weight excluding hydrogens is 162 g/mol. The highest BCUT2D eigenvalue weighted by molar-refractivity contribution is 5.18. The van der Waals surface area contributed by atoms with Crippen LogP contribution in [0.1, 0.15) is 40.0 Å². The molecule has 2 aliphatic carbocycles. The van der Waals surface area contributed by atoms with Crippen molar-refractivity contribution in [3.8, 4) is 0 Å².